The summed E-state index contributed by atoms with van der Waals surface area (Å²) in [6.45, 7) is 4.91. The molecule has 0 aliphatic heterocycles. The SMILES string of the molecule is Cc1nnc(SCC(=O)N[C@@H]2CCCC[C@@H]2C)n1Cc1ccccc1. The summed E-state index contributed by atoms with van der Waals surface area (Å²) in [6.07, 6.45) is 4.81. The van der Waals surface area contributed by atoms with Gasteiger partial charge in [-0.25, -0.2) is 0 Å². The number of hydrogen-bond acceptors (Lipinski definition) is 4. The van der Waals surface area contributed by atoms with Crippen LogP contribution < -0.4 is 5.32 Å². The number of carbonyl (C=O) groups is 1. The van der Waals surface area contributed by atoms with Crippen molar-refractivity contribution in [1.82, 2.24) is 20.1 Å². The number of aryl methyl sites for hydroxylation is 1. The fourth-order valence-corrected chi connectivity index (χ4v) is 4.12. The van der Waals surface area contributed by atoms with E-state index >= 15 is 0 Å². The van der Waals surface area contributed by atoms with Gasteiger partial charge in [-0.3, -0.25) is 4.79 Å². The van der Waals surface area contributed by atoms with E-state index in [-0.39, 0.29) is 5.91 Å². The molecule has 25 heavy (non-hydrogen) atoms. The van der Waals surface area contributed by atoms with E-state index in [0.717, 1.165) is 23.9 Å². The molecule has 2 aromatic rings. The van der Waals surface area contributed by atoms with Crippen LogP contribution in [-0.4, -0.2) is 32.5 Å². The van der Waals surface area contributed by atoms with Crippen molar-refractivity contribution in [2.45, 2.75) is 57.3 Å². The maximum absolute atomic E-state index is 12.3. The molecule has 0 unspecified atom stereocenters. The number of nitrogens with zero attached hydrogens (tertiary/aromatic N) is 3. The van der Waals surface area contributed by atoms with Gasteiger partial charge in [-0.05, 0) is 31.2 Å². The van der Waals surface area contributed by atoms with Gasteiger partial charge in [0.1, 0.15) is 5.82 Å². The number of aromatic nitrogens is 3. The van der Waals surface area contributed by atoms with E-state index in [9.17, 15) is 4.79 Å². The Morgan fingerprint density at radius 3 is 2.76 bits per heavy atom. The third kappa shape index (κ3) is 4.84. The van der Waals surface area contributed by atoms with Crippen molar-refractivity contribution >= 4 is 17.7 Å². The molecule has 5 nitrogen and oxygen atoms in total. The largest absolute Gasteiger partial charge is 0.352 e. The van der Waals surface area contributed by atoms with Gasteiger partial charge < -0.3 is 9.88 Å². The van der Waals surface area contributed by atoms with Crippen LogP contribution in [0.25, 0.3) is 0 Å². The summed E-state index contributed by atoms with van der Waals surface area (Å²) >= 11 is 1.46. The number of benzene rings is 1. The molecule has 1 aromatic heterocycles. The van der Waals surface area contributed by atoms with Gasteiger partial charge in [0, 0.05) is 6.04 Å². The lowest BCUT2D eigenvalue weighted by molar-refractivity contribution is -0.119. The average molecular weight is 359 g/mol. The average Bonchev–Trinajstić information content (AvgIpc) is 2.96. The monoisotopic (exact) mass is 358 g/mol. The third-order valence-corrected chi connectivity index (χ3v) is 5.84. The Bertz CT molecular complexity index is 701. The molecule has 1 fully saturated rings. The van der Waals surface area contributed by atoms with Gasteiger partial charge in [0.25, 0.3) is 0 Å². The molecule has 1 aliphatic carbocycles. The van der Waals surface area contributed by atoms with Crippen molar-refractivity contribution in [2.24, 2.45) is 5.92 Å². The predicted octanol–water partition coefficient (Wildman–Crippen LogP) is 3.42. The summed E-state index contributed by atoms with van der Waals surface area (Å²) in [4.78, 5) is 12.3. The zero-order valence-electron chi connectivity index (χ0n) is 14.9. The first-order valence-electron chi connectivity index (χ1n) is 8.99. The maximum atomic E-state index is 12.3. The Hall–Kier alpha value is -1.82. The number of rotatable bonds is 6. The van der Waals surface area contributed by atoms with E-state index in [4.69, 9.17) is 0 Å². The van der Waals surface area contributed by atoms with E-state index in [1.165, 1.54) is 36.6 Å². The van der Waals surface area contributed by atoms with Crippen molar-refractivity contribution in [3.63, 3.8) is 0 Å². The van der Waals surface area contributed by atoms with E-state index in [2.05, 4.69) is 39.1 Å². The maximum Gasteiger partial charge on any atom is 0.230 e. The van der Waals surface area contributed by atoms with Crippen molar-refractivity contribution in [3.8, 4) is 0 Å². The van der Waals surface area contributed by atoms with Crippen LogP contribution in [0.1, 0.15) is 44.0 Å². The molecule has 1 aromatic carbocycles. The Morgan fingerprint density at radius 2 is 2.00 bits per heavy atom. The molecule has 0 saturated heterocycles. The second-order valence-corrected chi connectivity index (χ2v) is 7.77. The Balaban J connectivity index is 1.57. The Morgan fingerprint density at radius 1 is 1.24 bits per heavy atom. The van der Waals surface area contributed by atoms with Crippen LogP contribution in [0.5, 0.6) is 0 Å². The quantitative estimate of drug-likeness (QED) is 0.804. The highest BCUT2D eigenvalue weighted by Crippen LogP contribution is 2.24. The molecule has 3 rings (SSSR count). The Kier molecular flexibility index (Phi) is 6.13. The van der Waals surface area contributed by atoms with Crippen LogP contribution in [-0.2, 0) is 11.3 Å². The van der Waals surface area contributed by atoms with Crippen molar-refractivity contribution in [3.05, 3.63) is 41.7 Å². The van der Waals surface area contributed by atoms with Gasteiger partial charge in [-0.2, -0.15) is 0 Å². The van der Waals surface area contributed by atoms with E-state index in [1.807, 2.05) is 25.1 Å². The highest BCUT2D eigenvalue weighted by atomic mass is 32.2. The number of thioether (sulfide) groups is 1. The molecule has 1 saturated carbocycles. The van der Waals surface area contributed by atoms with Gasteiger partial charge in [0.15, 0.2) is 5.16 Å². The molecule has 0 spiro atoms. The standard InChI is InChI=1S/C19H26N4OS/c1-14-8-6-7-11-17(14)20-18(24)13-25-19-22-21-15(2)23(19)12-16-9-4-3-5-10-16/h3-5,9-10,14,17H,6-8,11-13H2,1-2H3,(H,20,24)/t14-,17+/m0/s1. The molecule has 134 valence electrons. The van der Waals surface area contributed by atoms with Gasteiger partial charge in [0.2, 0.25) is 5.91 Å². The van der Waals surface area contributed by atoms with Crippen LogP contribution in [0.2, 0.25) is 0 Å². The van der Waals surface area contributed by atoms with Crippen LogP contribution in [0.4, 0.5) is 0 Å². The highest BCUT2D eigenvalue weighted by Gasteiger charge is 2.23. The molecule has 1 amide bonds. The fourth-order valence-electron chi connectivity index (χ4n) is 3.33. The second kappa shape index (κ2) is 8.52. The van der Waals surface area contributed by atoms with Crippen LogP contribution >= 0.6 is 11.8 Å². The normalized spacial score (nSPS) is 20.4. The topological polar surface area (TPSA) is 59.8 Å². The minimum Gasteiger partial charge on any atom is -0.352 e. The number of hydrogen-bond donors (Lipinski definition) is 1. The summed E-state index contributed by atoms with van der Waals surface area (Å²) in [6, 6.07) is 10.6. The summed E-state index contributed by atoms with van der Waals surface area (Å²) in [7, 11) is 0. The van der Waals surface area contributed by atoms with Crippen LogP contribution in [0.3, 0.4) is 0 Å². The molecule has 0 bridgehead atoms. The lowest BCUT2D eigenvalue weighted by atomic mass is 9.86. The zero-order valence-corrected chi connectivity index (χ0v) is 15.8. The number of amides is 1. The van der Waals surface area contributed by atoms with E-state index in [1.54, 1.807) is 0 Å². The van der Waals surface area contributed by atoms with E-state index in [0.29, 0.717) is 17.7 Å². The minimum absolute atomic E-state index is 0.0932. The summed E-state index contributed by atoms with van der Waals surface area (Å²) in [5, 5.41) is 12.4. The summed E-state index contributed by atoms with van der Waals surface area (Å²) < 4.78 is 2.07. The predicted molar refractivity (Wildman–Crippen MR) is 101 cm³/mol. The molecule has 2 atom stereocenters. The summed E-state index contributed by atoms with van der Waals surface area (Å²) in [5.74, 6) is 1.92. The van der Waals surface area contributed by atoms with Crippen molar-refractivity contribution in [1.29, 1.82) is 0 Å². The molecule has 1 N–H and O–H groups in total. The molecular formula is C19H26N4OS. The van der Waals surface area contributed by atoms with Gasteiger partial charge in [-0.15, -0.1) is 10.2 Å². The smallest absolute Gasteiger partial charge is 0.230 e. The zero-order chi connectivity index (χ0) is 17.6. The molecule has 0 radical (unpaired) electrons. The van der Waals surface area contributed by atoms with Gasteiger partial charge in [0.05, 0.1) is 12.3 Å². The second-order valence-electron chi connectivity index (χ2n) is 6.83. The molecule has 1 heterocycles. The van der Waals surface area contributed by atoms with E-state index < -0.39 is 0 Å². The minimum atomic E-state index is 0.0932. The van der Waals surface area contributed by atoms with Crippen molar-refractivity contribution < 1.29 is 4.79 Å². The van der Waals surface area contributed by atoms with Crippen LogP contribution in [0.15, 0.2) is 35.5 Å². The number of carbonyl (C=O) groups excluding carboxylic acids is 1. The Labute approximate surface area is 153 Å². The van der Waals surface area contributed by atoms with Gasteiger partial charge in [-0.1, -0.05) is 61.9 Å². The first-order chi connectivity index (χ1) is 12.1. The lowest BCUT2D eigenvalue weighted by Gasteiger charge is -2.29. The third-order valence-electron chi connectivity index (χ3n) is 4.88. The van der Waals surface area contributed by atoms with Gasteiger partial charge >= 0.3 is 0 Å². The fraction of sp³-hybridized carbons (Fsp3) is 0.526. The van der Waals surface area contributed by atoms with Crippen molar-refractivity contribution in [2.75, 3.05) is 5.75 Å². The number of nitrogens with one attached hydrogen (secondary N) is 1. The molecular weight excluding hydrogens is 332 g/mol. The molecule has 1 aliphatic rings. The van der Waals surface area contributed by atoms with Crippen LogP contribution in [0, 0.1) is 12.8 Å². The first-order valence-corrected chi connectivity index (χ1v) is 9.98. The molecule has 6 heteroatoms. The highest BCUT2D eigenvalue weighted by molar-refractivity contribution is 7.99. The first kappa shape index (κ1) is 18.0. The lowest BCUT2D eigenvalue weighted by Crippen LogP contribution is -2.41. The summed E-state index contributed by atoms with van der Waals surface area (Å²) in [5.41, 5.74) is 1.20.